The Bertz CT molecular complexity index is 1260. The fraction of sp³-hybridized carbons (Fsp3) is 0.182. The maximum atomic E-state index is 12.7. The lowest BCUT2D eigenvalue weighted by Gasteiger charge is -2.08. The third-order valence-electron chi connectivity index (χ3n) is 4.24. The zero-order valence-corrected chi connectivity index (χ0v) is 18.1. The molecule has 8 heteroatoms. The van der Waals surface area contributed by atoms with Gasteiger partial charge in [-0.3, -0.25) is 9.59 Å². The van der Waals surface area contributed by atoms with Crippen molar-refractivity contribution < 1.29 is 22.7 Å². The minimum atomic E-state index is -4.09. The molecule has 3 rings (SSSR count). The summed E-state index contributed by atoms with van der Waals surface area (Å²) in [6.07, 6.45) is 2.72. The molecule has 0 unspecified atom stereocenters. The van der Waals surface area contributed by atoms with Crippen LogP contribution < -0.4 is 14.2 Å². The Hall–Kier alpha value is -2.97. The molecule has 30 heavy (non-hydrogen) atoms. The van der Waals surface area contributed by atoms with Crippen molar-refractivity contribution in [1.82, 2.24) is 0 Å². The van der Waals surface area contributed by atoms with E-state index in [1.165, 1.54) is 18.2 Å². The van der Waals surface area contributed by atoms with Crippen LogP contribution in [0.5, 0.6) is 11.5 Å². The zero-order chi connectivity index (χ0) is 21.7. The Labute approximate surface area is 178 Å². The molecular formula is C22H20O6S2. The molecule has 1 aromatic heterocycles. The number of carbonyl (C=O) groups excluding carboxylic acids is 1. The number of hydrogen-bond acceptors (Lipinski definition) is 7. The molecule has 0 spiro atoms. The quantitative estimate of drug-likeness (QED) is 0.492. The number of benzene rings is 2. The fourth-order valence-corrected chi connectivity index (χ4v) is 5.31. The standard InChI is InChI=1S/C22H20O6S2/c1-3-28-19-6-4-5-16-13-20(22(24)29-21(16)19)30(25,26)14-17(23)10-7-15-8-11-18(27-2)12-9-15/h4-13H,3,14H2,1-2H3/b10-7+. The molecule has 0 aliphatic heterocycles. The van der Waals surface area contributed by atoms with E-state index < -0.39 is 26.1 Å². The van der Waals surface area contributed by atoms with E-state index in [2.05, 4.69) is 0 Å². The third kappa shape index (κ3) is 4.95. The number of ether oxygens (including phenoxy) is 2. The highest BCUT2D eigenvalue weighted by Gasteiger charge is 2.23. The van der Waals surface area contributed by atoms with E-state index >= 15 is 0 Å². The average molecular weight is 445 g/mol. The summed E-state index contributed by atoms with van der Waals surface area (Å²) in [6.45, 7) is 2.25. The van der Waals surface area contributed by atoms with Gasteiger partial charge in [0.25, 0.3) is 4.74 Å². The molecule has 3 aromatic rings. The number of fused-ring (bicyclic) bond motifs is 1. The van der Waals surface area contributed by atoms with Crippen LogP contribution in [-0.2, 0) is 14.6 Å². The van der Waals surface area contributed by atoms with Crippen LogP contribution in [0.1, 0.15) is 12.5 Å². The van der Waals surface area contributed by atoms with Crippen molar-refractivity contribution in [2.24, 2.45) is 0 Å². The first-order valence-electron chi connectivity index (χ1n) is 9.11. The molecule has 0 fully saturated rings. The Balaban J connectivity index is 1.84. The van der Waals surface area contributed by atoms with Gasteiger partial charge >= 0.3 is 0 Å². The summed E-state index contributed by atoms with van der Waals surface area (Å²) in [4.78, 5) is 24.4. The summed E-state index contributed by atoms with van der Waals surface area (Å²) in [5.41, 5.74) is 0.724. The van der Waals surface area contributed by atoms with Gasteiger partial charge in [-0.25, -0.2) is 8.42 Å². The molecule has 0 aliphatic rings. The second-order valence-electron chi connectivity index (χ2n) is 6.34. The van der Waals surface area contributed by atoms with Gasteiger partial charge in [-0.1, -0.05) is 41.7 Å². The Morgan fingerprint density at radius 2 is 1.87 bits per heavy atom. The summed E-state index contributed by atoms with van der Waals surface area (Å²) >= 11 is 0.802. The normalized spacial score (nSPS) is 11.7. The van der Waals surface area contributed by atoms with Crippen molar-refractivity contribution in [3.63, 3.8) is 0 Å². The van der Waals surface area contributed by atoms with Crippen molar-refractivity contribution >= 4 is 43.1 Å². The van der Waals surface area contributed by atoms with Crippen LogP contribution in [0, 0.1) is 0 Å². The molecule has 0 saturated heterocycles. The Kier molecular flexibility index (Phi) is 6.69. The van der Waals surface area contributed by atoms with E-state index in [1.54, 1.807) is 49.6 Å². The molecule has 1 heterocycles. The van der Waals surface area contributed by atoms with Gasteiger partial charge in [-0.15, -0.1) is 0 Å². The lowest BCUT2D eigenvalue weighted by atomic mass is 10.2. The van der Waals surface area contributed by atoms with Crippen molar-refractivity contribution in [1.29, 1.82) is 0 Å². The topological polar surface area (TPSA) is 86.7 Å². The van der Waals surface area contributed by atoms with Crippen LogP contribution in [0.2, 0.25) is 0 Å². The first-order valence-corrected chi connectivity index (χ1v) is 11.6. The third-order valence-corrected chi connectivity index (χ3v) is 7.05. The molecule has 0 amide bonds. The minimum Gasteiger partial charge on any atom is -0.497 e. The molecule has 0 N–H and O–H groups in total. The number of carbonyl (C=O) groups is 1. The van der Waals surface area contributed by atoms with E-state index in [9.17, 15) is 18.0 Å². The molecule has 6 nitrogen and oxygen atoms in total. The van der Waals surface area contributed by atoms with Gasteiger partial charge in [0, 0.05) is 0 Å². The van der Waals surface area contributed by atoms with Crippen LogP contribution in [0.3, 0.4) is 0 Å². The number of allylic oxidation sites excluding steroid dienone is 1. The number of sulfone groups is 1. The molecular weight excluding hydrogens is 424 g/mol. The Morgan fingerprint density at radius 3 is 2.53 bits per heavy atom. The molecule has 2 aromatic carbocycles. The number of rotatable bonds is 8. The molecule has 0 radical (unpaired) electrons. The predicted octanol–water partition coefficient (Wildman–Crippen LogP) is 3.73. The van der Waals surface area contributed by atoms with E-state index in [-0.39, 0.29) is 4.90 Å². The van der Waals surface area contributed by atoms with Gasteiger partial charge in [0.1, 0.15) is 22.1 Å². The number of hydrogen-bond donors (Lipinski definition) is 0. The van der Waals surface area contributed by atoms with Crippen molar-refractivity contribution in [2.45, 2.75) is 11.8 Å². The number of ketones is 1. The highest BCUT2D eigenvalue weighted by molar-refractivity contribution is 7.92. The highest BCUT2D eigenvalue weighted by Crippen LogP contribution is 2.29. The maximum Gasteiger partial charge on any atom is 0.251 e. The summed E-state index contributed by atoms with van der Waals surface area (Å²) in [7, 11) is -2.54. The van der Waals surface area contributed by atoms with Gasteiger partial charge in [0.2, 0.25) is 0 Å². The summed E-state index contributed by atoms with van der Waals surface area (Å²) in [5.74, 6) is -0.190. The molecule has 0 aliphatic carbocycles. The first-order chi connectivity index (χ1) is 14.3. The van der Waals surface area contributed by atoms with Crippen LogP contribution in [-0.4, -0.2) is 33.7 Å². The second kappa shape index (κ2) is 9.23. The minimum absolute atomic E-state index is 0.375. The lowest BCUT2D eigenvalue weighted by Crippen LogP contribution is -2.20. The highest BCUT2D eigenvalue weighted by atomic mass is 32.2. The van der Waals surface area contributed by atoms with Gasteiger partial charge in [0.15, 0.2) is 15.6 Å². The van der Waals surface area contributed by atoms with Crippen LogP contribution in [0.15, 0.2) is 64.3 Å². The summed E-state index contributed by atoms with van der Waals surface area (Å²) < 4.78 is 36.0. The Morgan fingerprint density at radius 1 is 1.13 bits per heavy atom. The SMILES string of the molecule is CCOc1cccc2cc(S(=O)(=O)CC(=O)/C=C/c3ccc(OC)cc3)c(=O)sc12. The van der Waals surface area contributed by atoms with Gasteiger partial charge in [-0.2, -0.15) is 0 Å². The molecule has 0 saturated carbocycles. The van der Waals surface area contributed by atoms with Gasteiger partial charge in [0.05, 0.1) is 18.4 Å². The largest absolute Gasteiger partial charge is 0.497 e. The number of methoxy groups -OCH3 is 1. The maximum absolute atomic E-state index is 12.7. The van der Waals surface area contributed by atoms with Crippen LogP contribution >= 0.6 is 11.3 Å². The average Bonchev–Trinajstić information content (AvgIpc) is 2.72. The van der Waals surface area contributed by atoms with E-state index in [0.29, 0.717) is 28.2 Å². The van der Waals surface area contributed by atoms with E-state index in [4.69, 9.17) is 9.47 Å². The van der Waals surface area contributed by atoms with Gasteiger partial charge < -0.3 is 9.47 Å². The van der Waals surface area contributed by atoms with Crippen molar-refractivity contribution in [2.75, 3.05) is 19.5 Å². The first kappa shape index (κ1) is 21.7. The zero-order valence-electron chi connectivity index (χ0n) is 16.5. The van der Waals surface area contributed by atoms with E-state index in [0.717, 1.165) is 16.9 Å². The van der Waals surface area contributed by atoms with Crippen molar-refractivity contribution in [3.8, 4) is 11.5 Å². The lowest BCUT2D eigenvalue weighted by molar-refractivity contribution is -0.112. The summed E-state index contributed by atoms with van der Waals surface area (Å²) in [6, 6.07) is 13.4. The predicted molar refractivity (Wildman–Crippen MR) is 118 cm³/mol. The molecule has 0 bridgehead atoms. The summed E-state index contributed by atoms with van der Waals surface area (Å²) in [5, 5.41) is 0.574. The monoisotopic (exact) mass is 444 g/mol. The molecule has 156 valence electrons. The smallest absolute Gasteiger partial charge is 0.251 e. The van der Waals surface area contributed by atoms with Crippen LogP contribution in [0.25, 0.3) is 16.2 Å². The second-order valence-corrected chi connectivity index (χ2v) is 9.28. The van der Waals surface area contributed by atoms with Crippen LogP contribution in [0.4, 0.5) is 0 Å². The van der Waals surface area contributed by atoms with E-state index in [1.807, 2.05) is 6.92 Å². The van der Waals surface area contributed by atoms with Gasteiger partial charge in [-0.05, 0) is 48.2 Å². The fourth-order valence-electron chi connectivity index (χ4n) is 2.80. The van der Waals surface area contributed by atoms with Crippen molar-refractivity contribution in [3.05, 3.63) is 69.7 Å². The molecule has 0 atom stereocenters.